The highest BCUT2D eigenvalue weighted by Crippen LogP contribution is 2.09. The Bertz CT molecular complexity index is 507. The van der Waals surface area contributed by atoms with Gasteiger partial charge in [-0.05, 0) is 25.3 Å². The number of allylic oxidation sites excluding steroid dienone is 1. The molecule has 2 atom stereocenters. The molecule has 0 radical (unpaired) electrons. The molecule has 1 amide bonds. The number of hydrogen-bond acceptors (Lipinski definition) is 4. The first-order valence-corrected chi connectivity index (χ1v) is 8.60. The Kier molecular flexibility index (Phi) is 7.79. The average molecular weight is 332 g/mol. The van der Waals surface area contributed by atoms with Gasteiger partial charge in [-0.3, -0.25) is 0 Å². The summed E-state index contributed by atoms with van der Waals surface area (Å²) < 4.78 is 11.1. The highest BCUT2D eigenvalue weighted by atomic mass is 16.6. The van der Waals surface area contributed by atoms with E-state index in [0.717, 1.165) is 24.9 Å². The quantitative estimate of drug-likeness (QED) is 0.744. The lowest BCUT2D eigenvalue weighted by atomic mass is 10.1. The van der Waals surface area contributed by atoms with Gasteiger partial charge in [0, 0.05) is 19.1 Å². The molecule has 0 bridgehead atoms. The molecule has 1 heterocycles. The number of nitrogens with one attached hydrogen (secondary N) is 1. The zero-order valence-corrected chi connectivity index (χ0v) is 14.4. The van der Waals surface area contributed by atoms with E-state index >= 15 is 0 Å². The number of nitrogens with zero attached hydrogens (tertiary/aromatic N) is 1. The molecular weight excluding hydrogens is 304 g/mol. The summed E-state index contributed by atoms with van der Waals surface area (Å²) in [6.07, 6.45) is 3.72. The fraction of sp³-hybridized carbons (Fsp3) is 0.526. The maximum absolute atomic E-state index is 12.2. The van der Waals surface area contributed by atoms with E-state index < -0.39 is 0 Å². The van der Waals surface area contributed by atoms with Crippen LogP contribution >= 0.6 is 0 Å². The van der Waals surface area contributed by atoms with Gasteiger partial charge < -0.3 is 19.7 Å². The Labute approximate surface area is 144 Å². The fourth-order valence-electron chi connectivity index (χ4n) is 2.62. The van der Waals surface area contributed by atoms with Crippen LogP contribution in [0.1, 0.15) is 25.3 Å². The first-order valence-electron chi connectivity index (χ1n) is 8.60. The van der Waals surface area contributed by atoms with Crippen LogP contribution in [-0.4, -0.2) is 49.4 Å². The molecule has 0 saturated carbocycles. The third kappa shape index (κ3) is 6.34. The van der Waals surface area contributed by atoms with Crippen molar-refractivity contribution >= 4 is 6.09 Å². The Morgan fingerprint density at radius 1 is 1.50 bits per heavy atom. The van der Waals surface area contributed by atoms with Crippen molar-refractivity contribution in [3.8, 4) is 0 Å². The number of carbonyl (C=O) groups excluding carboxylic acids is 1. The molecule has 1 fully saturated rings. The van der Waals surface area contributed by atoms with E-state index in [0.29, 0.717) is 32.3 Å². The second-order valence-corrected chi connectivity index (χ2v) is 6.15. The van der Waals surface area contributed by atoms with Crippen LogP contribution in [0.3, 0.4) is 0 Å². The summed E-state index contributed by atoms with van der Waals surface area (Å²) in [5.41, 5.74) is 0.994. The Hall–Kier alpha value is -1.85. The molecule has 1 aliphatic rings. The lowest BCUT2D eigenvalue weighted by molar-refractivity contribution is -0.0278. The summed E-state index contributed by atoms with van der Waals surface area (Å²) in [6.45, 7) is 8.63. The van der Waals surface area contributed by atoms with E-state index in [1.165, 1.54) is 0 Å². The molecule has 1 aromatic rings. The minimum absolute atomic E-state index is 0.00852. The molecule has 24 heavy (non-hydrogen) atoms. The second kappa shape index (κ2) is 10.1. The first-order chi connectivity index (χ1) is 11.7. The first kappa shape index (κ1) is 18.5. The fourth-order valence-corrected chi connectivity index (χ4v) is 2.62. The molecule has 2 unspecified atom stereocenters. The molecule has 1 N–H and O–H groups in total. The Morgan fingerprint density at radius 3 is 3.04 bits per heavy atom. The maximum atomic E-state index is 12.2. The summed E-state index contributed by atoms with van der Waals surface area (Å²) in [6, 6.07) is 10.1. The van der Waals surface area contributed by atoms with Gasteiger partial charge in [0.25, 0.3) is 0 Å². The number of ether oxygens (including phenoxy) is 2. The highest BCUT2D eigenvalue weighted by Gasteiger charge is 2.25. The molecule has 0 spiro atoms. The van der Waals surface area contributed by atoms with Gasteiger partial charge in [0.1, 0.15) is 6.61 Å². The minimum atomic E-state index is -0.271. The van der Waals surface area contributed by atoms with Crippen LogP contribution in [0, 0.1) is 0 Å². The number of rotatable bonds is 8. The number of amides is 1. The minimum Gasteiger partial charge on any atom is -0.445 e. The van der Waals surface area contributed by atoms with Crippen LogP contribution in [-0.2, 0) is 16.1 Å². The maximum Gasteiger partial charge on any atom is 0.410 e. The van der Waals surface area contributed by atoms with Crippen LogP contribution in [0.15, 0.2) is 43.0 Å². The molecule has 0 aromatic heterocycles. The van der Waals surface area contributed by atoms with E-state index in [1.807, 2.05) is 36.4 Å². The van der Waals surface area contributed by atoms with E-state index in [4.69, 9.17) is 9.47 Å². The summed E-state index contributed by atoms with van der Waals surface area (Å²) in [7, 11) is 0. The summed E-state index contributed by atoms with van der Waals surface area (Å²) >= 11 is 0. The van der Waals surface area contributed by atoms with E-state index in [1.54, 1.807) is 4.90 Å². The molecule has 2 rings (SSSR count). The monoisotopic (exact) mass is 332 g/mol. The number of benzene rings is 1. The van der Waals surface area contributed by atoms with Crippen molar-refractivity contribution in [1.29, 1.82) is 0 Å². The van der Waals surface area contributed by atoms with Gasteiger partial charge in [0.05, 0.1) is 19.3 Å². The van der Waals surface area contributed by atoms with Crippen LogP contribution in [0.4, 0.5) is 4.79 Å². The molecule has 5 nitrogen and oxygen atoms in total. The molecule has 0 aliphatic carbocycles. The SMILES string of the molecule is C=CCCC(C)NCC1CN(C(=O)OCc2ccccc2)CCO1. The Balaban J connectivity index is 1.71. The summed E-state index contributed by atoms with van der Waals surface area (Å²) in [5, 5.41) is 3.45. The Morgan fingerprint density at radius 2 is 2.29 bits per heavy atom. The zero-order valence-electron chi connectivity index (χ0n) is 14.4. The number of carbonyl (C=O) groups is 1. The van der Waals surface area contributed by atoms with Gasteiger partial charge in [-0.25, -0.2) is 4.79 Å². The molecular formula is C19H28N2O3. The lowest BCUT2D eigenvalue weighted by Crippen LogP contribution is -2.50. The van der Waals surface area contributed by atoms with Crippen molar-refractivity contribution in [2.45, 2.75) is 38.5 Å². The normalized spacial score (nSPS) is 18.9. The third-order valence-electron chi connectivity index (χ3n) is 4.10. The van der Waals surface area contributed by atoms with Crippen molar-refractivity contribution in [1.82, 2.24) is 10.2 Å². The number of morpholine rings is 1. The largest absolute Gasteiger partial charge is 0.445 e. The van der Waals surface area contributed by atoms with Crippen molar-refractivity contribution in [2.75, 3.05) is 26.2 Å². The second-order valence-electron chi connectivity index (χ2n) is 6.15. The smallest absolute Gasteiger partial charge is 0.410 e. The van der Waals surface area contributed by atoms with E-state index in [9.17, 15) is 4.79 Å². The summed E-state index contributed by atoms with van der Waals surface area (Å²) in [5.74, 6) is 0. The number of hydrogen-bond donors (Lipinski definition) is 1. The topological polar surface area (TPSA) is 50.8 Å². The van der Waals surface area contributed by atoms with Gasteiger partial charge in [-0.15, -0.1) is 6.58 Å². The van der Waals surface area contributed by atoms with Crippen LogP contribution in [0.5, 0.6) is 0 Å². The third-order valence-corrected chi connectivity index (χ3v) is 4.10. The molecule has 132 valence electrons. The predicted molar refractivity (Wildman–Crippen MR) is 94.8 cm³/mol. The van der Waals surface area contributed by atoms with Gasteiger partial charge in [-0.1, -0.05) is 36.4 Å². The van der Waals surface area contributed by atoms with Gasteiger partial charge in [-0.2, -0.15) is 0 Å². The van der Waals surface area contributed by atoms with Crippen molar-refractivity contribution in [3.05, 3.63) is 48.6 Å². The molecule has 1 aromatic carbocycles. The molecule has 5 heteroatoms. The van der Waals surface area contributed by atoms with E-state index in [2.05, 4.69) is 18.8 Å². The predicted octanol–water partition coefficient (Wildman–Crippen LogP) is 2.97. The molecule has 1 aliphatic heterocycles. The summed E-state index contributed by atoms with van der Waals surface area (Å²) in [4.78, 5) is 13.9. The van der Waals surface area contributed by atoms with Gasteiger partial charge in [0.15, 0.2) is 0 Å². The van der Waals surface area contributed by atoms with Crippen LogP contribution < -0.4 is 5.32 Å². The van der Waals surface area contributed by atoms with Crippen molar-refractivity contribution < 1.29 is 14.3 Å². The van der Waals surface area contributed by atoms with Crippen molar-refractivity contribution in [3.63, 3.8) is 0 Å². The van der Waals surface area contributed by atoms with E-state index in [-0.39, 0.29) is 12.2 Å². The van der Waals surface area contributed by atoms with Crippen molar-refractivity contribution in [2.24, 2.45) is 0 Å². The standard InChI is InChI=1S/C19H28N2O3/c1-3-4-8-16(2)20-13-18-14-21(11-12-23-18)19(22)24-15-17-9-6-5-7-10-17/h3,5-7,9-10,16,18,20H,1,4,8,11-15H2,2H3. The van der Waals surface area contributed by atoms with Crippen LogP contribution in [0.2, 0.25) is 0 Å². The lowest BCUT2D eigenvalue weighted by Gasteiger charge is -2.33. The zero-order chi connectivity index (χ0) is 17.2. The average Bonchev–Trinajstić information content (AvgIpc) is 2.63. The van der Waals surface area contributed by atoms with Gasteiger partial charge >= 0.3 is 6.09 Å². The molecule has 1 saturated heterocycles. The van der Waals surface area contributed by atoms with Crippen LogP contribution in [0.25, 0.3) is 0 Å². The van der Waals surface area contributed by atoms with Gasteiger partial charge in [0.2, 0.25) is 0 Å². The highest BCUT2D eigenvalue weighted by molar-refractivity contribution is 5.67.